The summed E-state index contributed by atoms with van der Waals surface area (Å²) in [7, 11) is 1.55. The van der Waals surface area contributed by atoms with Gasteiger partial charge >= 0.3 is 0 Å². The van der Waals surface area contributed by atoms with E-state index in [-0.39, 0.29) is 18.3 Å². The van der Waals surface area contributed by atoms with Crippen molar-refractivity contribution in [1.29, 1.82) is 0 Å². The first kappa shape index (κ1) is 16.0. The Morgan fingerprint density at radius 3 is 2.50 bits per heavy atom. The average Bonchev–Trinajstić information content (AvgIpc) is 2.96. The summed E-state index contributed by atoms with van der Waals surface area (Å²) >= 11 is 1.64. The number of aryl methyl sites for hydroxylation is 1. The molecule has 0 saturated heterocycles. The highest BCUT2D eigenvalue weighted by Crippen LogP contribution is 2.17. The fourth-order valence-electron chi connectivity index (χ4n) is 1.73. The predicted octanol–water partition coefficient (Wildman–Crippen LogP) is 3.08. The number of amides is 1. The van der Waals surface area contributed by atoms with Crippen molar-refractivity contribution in [2.24, 2.45) is 0 Å². The summed E-state index contributed by atoms with van der Waals surface area (Å²) in [5.74, 6) is 0.288. The van der Waals surface area contributed by atoms with Gasteiger partial charge < -0.3 is 10.1 Å². The van der Waals surface area contributed by atoms with Gasteiger partial charge in [0.15, 0.2) is 12.4 Å². The van der Waals surface area contributed by atoms with Gasteiger partial charge in [-0.25, -0.2) is 0 Å². The number of rotatable bonds is 6. The lowest BCUT2D eigenvalue weighted by Crippen LogP contribution is -2.24. The zero-order valence-corrected chi connectivity index (χ0v) is 13.3. The first-order valence-electron chi connectivity index (χ1n) is 6.81. The first-order valence-corrected chi connectivity index (χ1v) is 7.62. The number of hydrogen-bond acceptors (Lipinski definition) is 4. The third kappa shape index (κ3) is 4.56. The number of carbonyl (C=O) groups is 2. The number of carbonyl (C=O) groups excluding carboxylic acids is 2. The molecule has 0 aliphatic heterocycles. The predicted molar refractivity (Wildman–Crippen MR) is 88.4 cm³/mol. The third-order valence-corrected chi connectivity index (χ3v) is 3.91. The topological polar surface area (TPSA) is 55.4 Å². The highest BCUT2D eigenvalue weighted by Gasteiger charge is 2.04. The van der Waals surface area contributed by atoms with Crippen LogP contribution in [0, 0.1) is 6.92 Å². The number of benzene rings is 1. The Hall–Kier alpha value is -2.40. The average molecular weight is 315 g/mol. The van der Waals surface area contributed by atoms with E-state index >= 15 is 0 Å². The molecule has 1 aromatic heterocycles. The van der Waals surface area contributed by atoms with Crippen molar-refractivity contribution >= 4 is 29.1 Å². The highest BCUT2D eigenvalue weighted by atomic mass is 32.1. The Bertz CT molecular complexity index is 686. The van der Waals surface area contributed by atoms with Crippen LogP contribution in [0.25, 0.3) is 6.08 Å². The Kier molecular flexibility index (Phi) is 5.49. The number of hydrogen-bond donors (Lipinski definition) is 1. The summed E-state index contributed by atoms with van der Waals surface area (Å²) in [6, 6.07) is 10.7. The van der Waals surface area contributed by atoms with Gasteiger partial charge in [-0.05, 0) is 55.5 Å². The first-order chi connectivity index (χ1) is 10.6. The van der Waals surface area contributed by atoms with Crippen LogP contribution in [-0.2, 0) is 4.79 Å². The van der Waals surface area contributed by atoms with Crippen molar-refractivity contribution < 1.29 is 14.3 Å². The molecule has 0 spiro atoms. The van der Waals surface area contributed by atoms with Gasteiger partial charge in [0.05, 0.1) is 0 Å². The molecule has 0 atom stereocenters. The molecule has 1 heterocycles. The van der Waals surface area contributed by atoms with Crippen molar-refractivity contribution in [2.45, 2.75) is 6.92 Å². The van der Waals surface area contributed by atoms with Gasteiger partial charge in [0.2, 0.25) is 0 Å². The molecule has 5 heteroatoms. The molecule has 0 bridgehead atoms. The maximum absolute atomic E-state index is 12.1. The fraction of sp³-hybridized carbons (Fsp3) is 0.176. The molecular weight excluding hydrogens is 298 g/mol. The van der Waals surface area contributed by atoms with Gasteiger partial charge in [0.25, 0.3) is 5.91 Å². The normalized spacial score (nSPS) is 10.6. The lowest BCUT2D eigenvalue weighted by atomic mass is 10.1. The highest BCUT2D eigenvalue weighted by molar-refractivity contribution is 7.12. The van der Waals surface area contributed by atoms with E-state index in [9.17, 15) is 9.59 Å². The van der Waals surface area contributed by atoms with Gasteiger partial charge in [0.1, 0.15) is 5.75 Å². The lowest BCUT2D eigenvalue weighted by Gasteiger charge is -2.05. The second-order valence-corrected chi connectivity index (χ2v) is 5.95. The zero-order chi connectivity index (χ0) is 15.9. The van der Waals surface area contributed by atoms with E-state index in [1.165, 1.54) is 4.88 Å². The van der Waals surface area contributed by atoms with Gasteiger partial charge in [0, 0.05) is 22.4 Å². The molecule has 2 aromatic rings. The quantitative estimate of drug-likeness (QED) is 0.658. The van der Waals surface area contributed by atoms with Gasteiger partial charge in [-0.1, -0.05) is 0 Å². The Balaban J connectivity index is 1.96. The molecular formula is C17H17NO3S. The summed E-state index contributed by atoms with van der Waals surface area (Å²) < 4.78 is 5.29. The maximum atomic E-state index is 12.1. The molecule has 0 saturated carbocycles. The number of allylic oxidation sites excluding steroid dienone is 1. The number of ketones is 1. The van der Waals surface area contributed by atoms with Crippen molar-refractivity contribution in [2.75, 3.05) is 13.7 Å². The largest absolute Gasteiger partial charge is 0.484 e. The smallest absolute Gasteiger partial charge is 0.257 e. The van der Waals surface area contributed by atoms with E-state index < -0.39 is 0 Å². The van der Waals surface area contributed by atoms with E-state index in [4.69, 9.17) is 4.74 Å². The number of likely N-dealkylation sites (N-methyl/N-ethyl adjacent to an activating group) is 1. The standard InChI is InChI=1S/C17H17NO3S/c1-12-3-8-15(22-12)9-10-16(19)13-4-6-14(7-5-13)21-11-17(20)18-2/h3-10H,11H2,1-2H3,(H,18,20)/b10-9+. The van der Waals surface area contributed by atoms with Crippen LogP contribution >= 0.6 is 11.3 Å². The van der Waals surface area contributed by atoms with Crippen molar-refractivity contribution in [3.8, 4) is 5.75 Å². The summed E-state index contributed by atoms with van der Waals surface area (Å²) in [6.45, 7) is 1.99. The second kappa shape index (κ2) is 7.56. The molecule has 1 N–H and O–H groups in total. The summed E-state index contributed by atoms with van der Waals surface area (Å²) in [6.07, 6.45) is 3.38. The molecule has 0 radical (unpaired) electrons. The van der Waals surface area contributed by atoms with Gasteiger partial charge in [-0.3, -0.25) is 9.59 Å². The maximum Gasteiger partial charge on any atom is 0.257 e. The molecule has 0 unspecified atom stereocenters. The van der Waals surface area contributed by atoms with Crippen molar-refractivity contribution in [3.05, 3.63) is 57.8 Å². The number of thiophene rings is 1. The minimum Gasteiger partial charge on any atom is -0.484 e. The van der Waals surface area contributed by atoms with E-state index in [0.29, 0.717) is 11.3 Å². The van der Waals surface area contributed by atoms with Gasteiger partial charge in [-0.15, -0.1) is 11.3 Å². The summed E-state index contributed by atoms with van der Waals surface area (Å²) in [5.41, 5.74) is 0.580. The van der Waals surface area contributed by atoms with Crippen molar-refractivity contribution in [3.63, 3.8) is 0 Å². The fourth-order valence-corrected chi connectivity index (χ4v) is 2.51. The van der Waals surface area contributed by atoms with Crippen LogP contribution in [0.5, 0.6) is 5.75 Å². The van der Waals surface area contributed by atoms with Crippen LogP contribution in [0.15, 0.2) is 42.5 Å². The molecule has 2 rings (SSSR count). The van der Waals surface area contributed by atoms with Crippen LogP contribution in [0.4, 0.5) is 0 Å². The SMILES string of the molecule is CNC(=O)COc1ccc(C(=O)/C=C/c2ccc(C)s2)cc1. The molecule has 0 fully saturated rings. The lowest BCUT2D eigenvalue weighted by molar-refractivity contribution is -0.122. The molecule has 4 nitrogen and oxygen atoms in total. The summed E-state index contributed by atoms with van der Waals surface area (Å²) in [4.78, 5) is 25.4. The summed E-state index contributed by atoms with van der Waals surface area (Å²) in [5, 5.41) is 2.47. The van der Waals surface area contributed by atoms with Gasteiger partial charge in [-0.2, -0.15) is 0 Å². The minimum absolute atomic E-state index is 0.0403. The molecule has 114 valence electrons. The van der Waals surface area contributed by atoms with Crippen LogP contribution in [0.3, 0.4) is 0 Å². The van der Waals surface area contributed by atoms with Crippen LogP contribution in [0.1, 0.15) is 20.1 Å². The van der Waals surface area contributed by atoms with Crippen LogP contribution in [0.2, 0.25) is 0 Å². The Labute approximate surface area is 133 Å². The van der Waals surface area contributed by atoms with Crippen LogP contribution < -0.4 is 10.1 Å². The molecule has 1 amide bonds. The van der Waals surface area contributed by atoms with E-state index in [0.717, 1.165) is 4.88 Å². The van der Waals surface area contributed by atoms with Crippen LogP contribution in [-0.4, -0.2) is 25.3 Å². The Morgan fingerprint density at radius 1 is 1.18 bits per heavy atom. The third-order valence-electron chi connectivity index (χ3n) is 2.95. The minimum atomic E-state index is -0.200. The molecule has 0 aliphatic carbocycles. The monoisotopic (exact) mass is 315 g/mol. The molecule has 1 aromatic carbocycles. The zero-order valence-electron chi connectivity index (χ0n) is 12.5. The Morgan fingerprint density at radius 2 is 1.91 bits per heavy atom. The van der Waals surface area contributed by atoms with Crippen molar-refractivity contribution in [1.82, 2.24) is 5.32 Å². The van der Waals surface area contributed by atoms with E-state index in [1.807, 2.05) is 25.1 Å². The van der Waals surface area contributed by atoms with E-state index in [1.54, 1.807) is 48.7 Å². The molecule has 22 heavy (non-hydrogen) atoms. The second-order valence-electron chi connectivity index (χ2n) is 4.63. The number of nitrogens with one attached hydrogen (secondary N) is 1. The number of ether oxygens (including phenoxy) is 1. The molecule has 0 aliphatic rings. The van der Waals surface area contributed by atoms with E-state index in [2.05, 4.69) is 5.32 Å².